The molecule has 0 N–H and O–H groups in total. The molecule has 0 radical (unpaired) electrons. The molecule has 1 heterocycles. The minimum Gasteiger partial charge on any atom is -0.467 e. The molecule has 3 heteroatoms. The number of esters is 1. The molecule has 104 valence electrons. The monoisotopic (exact) mass is 254 g/mol. The Balaban J connectivity index is 2.21. The van der Waals surface area contributed by atoms with Crippen molar-refractivity contribution in [3.05, 3.63) is 0 Å². The van der Waals surface area contributed by atoms with E-state index in [4.69, 9.17) is 9.47 Å². The summed E-state index contributed by atoms with van der Waals surface area (Å²) in [5.74, 6) is 1.33. The summed E-state index contributed by atoms with van der Waals surface area (Å²) in [6.45, 7) is 8.65. The van der Waals surface area contributed by atoms with Gasteiger partial charge in [-0.3, -0.25) is 0 Å². The maximum atomic E-state index is 12.1. The number of epoxide rings is 1. The Morgan fingerprint density at radius 2 is 2.00 bits per heavy atom. The van der Waals surface area contributed by atoms with Crippen LogP contribution in [0.1, 0.15) is 53.4 Å². The van der Waals surface area contributed by atoms with Crippen LogP contribution >= 0.6 is 0 Å². The molecule has 1 aliphatic carbocycles. The van der Waals surface area contributed by atoms with E-state index in [1.807, 2.05) is 0 Å². The van der Waals surface area contributed by atoms with Gasteiger partial charge in [-0.25, -0.2) is 4.79 Å². The Labute approximate surface area is 110 Å². The summed E-state index contributed by atoms with van der Waals surface area (Å²) in [7, 11) is 1.46. The predicted octanol–water partition coefficient (Wildman–Crippen LogP) is 3.17. The lowest BCUT2D eigenvalue weighted by Gasteiger charge is -2.32. The number of hydrogen-bond donors (Lipinski definition) is 0. The first-order chi connectivity index (χ1) is 8.39. The van der Waals surface area contributed by atoms with E-state index in [0.717, 1.165) is 19.3 Å². The molecule has 18 heavy (non-hydrogen) atoms. The minimum atomic E-state index is -0.671. The number of carbonyl (C=O) groups excluding carboxylic acids is 1. The van der Waals surface area contributed by atoms with Crippen LogP contribution < -0.4 is 0 Å². The normalized spacial score (nSPS) is 39.4. The first kappa shape index (κ1) is 13.9. The van der Waals surface area contributed by atoms with Crippen molar-refractivity contribution in [3.63, 3.8) is 0 Å². The van der Waals surface area contributed by atoms with Gasteiger partial charge in [0, 0.05) is 0 Å². The number of hydrogen-bond acceptors (Lipinski definition) is 3. The highest BCUT2D eigenvalue weighted by molar-refractivity contribution is 5.85. The topological polar surface area (TPSA) is 38.8 Å². The average molecular weight is 254 g/mol. The Bertz CT molecular complexity index is 337. The number of rotatable bonds is 3. The van der Waals surface area contributed by atoms with Gasteiger partial charge in [-0.05, 0) is 37.0 Å². The van der Waals surface area contributed by atoms with Crippen LogP contribution in [-0.4, -0.2) is 24.3 Å². The average Bonchev–Trinajstić information content (AvgIpc) is 2.97. The second-order valence-electron chi connectivity index (χ2n) is 6.58. The SMILES string of the molecule is COC(=O)C1(C(C)C)OC12CCCC(C(C)C)C2. The first-order valence-electron chi connectivity index (χ1n) is 7.18. The Morgan fingerprint density at radius 3 is 2.50 bits per heavy atom. The largest absolute Gasteiger partial charge is 0.467 e. The maximum absolute atomic E-state index is 12.1. The number of ether oxygens (including phenoxy) is 2. The Kier molecular flexibility index (Phi) is 3.48. The lowest BCUT2D eigenvalue weighted by atomic mass is 9.69. The zero-order valence-corrected chi connectivity index (χ0v) is 12.3. The van der Waals surface area contributed by atoms with E-state index in [1.54, 1.807) is 0 Å². The van der Waals surface area contributed by atoms with Gasteiger partial charge in [-0.2, -0.15) is 0 Å². The van der Waals surface area contributed by atoms with Gasteiger partial charge in [-0.1, -0.05) is 34.1 Å². The minimum absolute atomic E-state index is 0.177. The van der Waals surface area contributed by atoms with E-state index < -0.39 is 5.60 Å². The third-order valence-corrected chi connectivity index (χ3v) is 4.98. The van der Waals surface area contributed by atoms with Crippen LogP contribution in [0.2, 0.25) is 0 Å². The van der Waals surface area contributed by atoms with Crippen LogP contribution in [0.15, 0.2) is 0 Å². The van der Waals surface area contributed by atoms with Crippen LogP contribution in [0.25, 0.3) is 0 Å². The van der Waals surface area contributed by atoms with Crippen molar-refractivity contribution in [3.8, 4) is 0 Å². The first-order valence-corrected chi connectivity index (χ1v) is 7.18. The third-order valence-electron chi connectivity index (χ3n) is 4.98. The fourth-order valence-corrected chi connectivity index (χ4v) is 3.82. The molecule has 0 amide bonds. The van der Waals surface area contributed by atoms with Crippen molar-refractivity contribution < 1.29 is 14.3 Å². The molecule has 1 saturated heterocycles. The molecule has 2 rings (SSSR count). The fourth-order valence-electron chi connectivity index (χ4n) is 3.82. The lowest BCUT2D eigenvalue weighted by Crippen LogP contribution is -2.42. The summed E-state index contributed by atoms with van der Waals surface area (Å²) in [6, 6.07) is 0. The molecule has 0 aromatic carbocycles. The summed E-state index contributed by atoms with van der Waals surface area (Å²) in [4.78, 5) is 12.1. The molecule has 1 saturated carbocycles. The Hall–Kier alpha value is -0.570. The molecule has 1 spiro atoms. The summed E-state index contributed by atoms with van der Waals surface area (Å²) in [5, 5.41) is 0. The summed E-state index contributed by atoms with van der Waals surface area (Å²) in [6.07, 6.45) is 4.44. The van der Waals surface area contributed by atoms with Gasteiger partial charge >= 0.3 is 5.97 Å². The highest BCUT2D eigenvalue weighted by atomic mass is 16.7. The van der Waals surface area contributed by atoms with Crippen molar-refractivity contribution >= 4 is 5.97 Å². The van der Waals surface area contributed by atoms with Gasteiger partial charge in [-0.15, -0.1) is 0 Å². The lowest BCUT2D eigenvalue weighted by molar-refractivity contribution is -0.148. The molecule has 3 nitrogen and oxygen atoms in total. The van der Waals surface area contributed by atoms with E-state index in [9.17, 15) is 4.79 Å². The van der Waals surface area contributed by atoms with Gasteiger partial charge in [0.1, 0.15) is 5.60 Å². The van der Waals surface area contributed by atoms with Gasteiger partial charge in [0.25, 0.3) is 0 Å². The fraction of sp³-hybridized carbons (Fsp3) is 0.933. The Morgan fingerprint density at radius 1 is 1.33 bits per heavy atom. The molecule has 0 aromatic rings. The smallest absolute Gasteiger partial charge is 0.341 e. The molecule has 3 atom stereocenters. The maximum Gasteiger partial charge on any atom is 0.341 e. The van der Waals surface area contributed by atoms with Crippen LogP contribution in [0.3, 0.4) is 0 Å². The summed E-state index contributed by atoms with van der Waals surface area (Å²) >= 11 is 0. The van der Waals surface area contributed by atoms with E-state index in [2.05, 4.69) is 27.7 Å². The molecule has 3 unspecified atom stereocenters. The predicted molar refractivity (Wildman–Crippen MR) is 70.2 cm³/mol. The molecule has 2 aliphatic rings. The van der Waals surface area contributed by atoms with Gasteiger partial charge in [0.05, 0.1) is 7.11 Å². The molecule has 0 aromatic heterocycles. The van der Waals surface area contributed by atoms with Crippen molar-refractivity contribution in [1.29, 1.82) is 0 Å². The highest BCUT2D eigenvalue weighted by Gasteiger charge is 2.76. The van der Waals surface area contributed by atoms with Crippen molar-refractivity contribution in [2.24, 2.45) is 17.8 Å². The van der Waals surface area contributed by atoms with Crippen molar-refractivity contribution in [2.45, 2.75) is 64.6 Å². The molecule has 1 aliphatic heterocycles. The zero-order valence-electron chi connectivity index (χ0n) is 12.3. The summed E-state index contributed by atoms with van der Waals surface area (Å²) < 4.78 is 11.1. The zero-order chi connectivity index (χ0) is 13.6. The second kappa shape index (κ2) is 4.52. The second-order valence-corrected chi connectivity index (χ2v) is 6.58. The van der Waals surface area contributed by atoms with Crippen LogP contribution in [-0.2, 0) is 14.3 Å². The molecule has 2 fully saturated rings. The van der Waals surface area contributed by atoms with Crippen LogP contribution in [0.4, 0.5) is 0 Å². The number of methoxy groups -OCH3 is 1. The van der Waals surface area contributed by atoms with Crippen LogP contribution in [0.5, 0.6) is 0 Å². The van der Waals surface area contributed by atoms with E-state index in [-0.39, 0.29) is 17.5 Å². The van der Waals surface area contributed by atoms with Gasteiger partial charge < -0.3 is 9.47 Å². The molecular formula is C15H26O3. The van der Waals surface area contributed by atoms with Crippen LogP contribution in [0, 0.1) is 17.8 Å². The summed E-state index contributed by atoms with van der Waals surface area (Å²) in [5.41, 5.74) is -0.906. The van der Waals surface area contributed by atoms with Gasteiger partial charge in [0.15, 0.2) is 5.60 Å². The van der Waals surface area contributed by atoms with Crippen molar-refractivity contribution in [1.82, 2.24) is 0 Å². The van der Waals surface area contributed by atoms with E-state index >= 15 is 0 Å². The molecule has 0 bridgehead atoms. The number of carbonyl (C=O) groups is 1. The van der Waals surface area contributed by atoms with Gasteiger partial charge in [0.2, 0.25) is 0 Å². The van der Waals surface area contributed by atoms with E-state index in [0.29, 0.717) is 11.8 Å². The highest BCUT2D eigenvalue weighted by Crippen LogP contribution is 2.62. The van der Waals surface area contributed by atoms with Crippen molar-refractivity contribution in [2.75, 3.05) is 7.11 Å². The third kappa shape index (κ3) is 1.78. The quantitative estimate of drug-likeness (QED) is 0.573. The van der Waals surface area contributed by atoms with E-state index in [1.165, 1.54) is 13.5 Å². The molecular weight excluding hydrogens is 228 g/mol. The standard InChI is InChI=1S/C15H26O3/c1-10(2)12-7-6-8-14(9-12)15(18-14,11(3)4)13(16)17-5/h10-12H,6-9H2,1-5H3.